The second-order valence-corrected chi connectivity index (χ2v) is 7.16. The number of sulfonamides is 1. The van der Waals surface area contributed by atoms with Gasteiger partial charge in [-0.1, -0.05) is 0 Å². The van der Waals surface area contributed by atoms with Crippen LogP contribution in [0.1, 0.15) is 0 Å². The van der Waals surface area contributed by atoms with Gasteiger partial charge in [0, 0.05) is 25.0 Å². The van der Waals surface area contributed by atoms with Crippen molar-refractivity contribution >= 4 is 10.0 Å². The van der Waals surface area contributed by atoms with E-state index >= 15 is 0 Å². The smallest absolute Gasteiger partial charge is 0.266 e. The van der Waals surface area contributed by atoms with Gasteiger partial charge in [0.1, 0.15) is 0 Å². The van der Waals surface area contributed by atoms with E-state index in [1.807, 2.05) is 0 Å². The van der Waals surface area contributed by atoms with Gasteiger partial charge in [0.05, 0.1) is 18.6 Å². The molecule has 0 saturated carbocycles. The van der Waals surface area contributed by atoms with Crippen molar-refractivity contribution in [1.29, 1.82) is 0 Å². The maximum Gasteiger partial charge on any atom is 0.266 e. The predicted octanol–water partition coefficient (Wildman–Crippen LogP) is 0.555. The molecule has 0 fully saturated rings. The fraction of sp³-hybridized carbons (Fsp3) is 0.188. The van der Waals surface area contributed by atoms with Crippen LogP contribution in [0, 0.1) is 5.82 Å². The van der Waals surface area contributed by atoms with Crippen LogP contribution in [0.4, 0.5) is 4.39 Å². The Morgan fingerprint density at radius 2 is 2.07 bits per heavy atom. The summed E-state index contributed by atoms with van der Waals surface area (Å²) in [6.45, 7) is -0.114. The first kappa shape index (κ1) is 18.7. The molecule has 0 amide bonds. The Morgan fingerprint density at radius 1 is 1.26 bits per heavy atom. The van der Waals surface area contributed by atoms with Crippen LogP contribution in [-0.4, -0.2) is 41.6 Å². The SMILES string of the molecule is COc1ccc(S(=O)(=O)NCCn2nc(-n3cccn3)ccc2=O)cc1F. The number of ether oxygens (including phenoxy) is 1. The van der Waals surface area contributed by atoms with Crippen molar-refractivity contribution < 1.29 is 17.5 Å². The molecule has 0 bridgehead atoms. The summed E-state index contributed by atoms with van der Waals surface area (Å²) in [6, 6.07) is 7.85. The van der Waals surface area contributed by atoms with Gasteiger partial charge < -0.3 is 4.74 Å². The van der Waals surface area contributed by atoms with Crippen LogP contribution >= 0.6 is 0 Å². The molecule has 11 heteroatoms. The molecule has 2 aromatic heterocycles. The van der Waals surface area contributed by atoms with Crippen molar-refractivity contribution in [2.75, 3.05) is 13.7 Å². The van der Waals surface area contributed by atoms with Crippen LogP contribution in [0.3, 0.4) is 0 Å². The normalized spacial score (nSPS) is 11.5. The molecule has 0 aliphatic heterocycles. The first-order chi connectivity index (χ1) is 12.9. The van der Waals surface area contributed by atoms with Crippen LogP contribution in [0.15, 0.2) is 58.5 Å². The van der Waals surface area contributed by atoms with E-state index in [4.69, 9.17) is 4.74 Å². The molecule has 0 saturated heterocycles. The standard InChI is InChI=1S/C16H16FN5O4S/c1-26-14-4-3-12(11-13(14)17)27(24,25)19-8-10-22-16(23)6-5-15(20-22)21-9-2-7-18-21/h2-7,9,11,19H,8,10H2,1H3. The molecule has 142 valence electrons. The number of hydrogen-bond acceptors (Lipinski definition) is 6. The van der Waals surface area contributed by atoms with Gasteiger partial charge in [0.15, 0.2) is 17.4 Å². The van der Waals surface area contributed by atoms with Gasteiger partial charge in [-0.2, -0.15) is 5.10 Å². The lowest BCUT2D eigenvalue weighted by molar-refractivity contribution is 0.385. The minimum Gasteiger partial charge on any atom is -0.494 e. The Bertz CT molecular complexity index is 1100. The van der Waals surface area contributed by atoms with Crippen LogP contribution < -0.4 is 15.0 Å². The fourth-order valence-electron chi connectivity index (χ4n) is 2.31. The molecule has 1 N–H and O–H groups in total. The van der Waals surface area contributed by atoms with E-state index in [1.54, 1.807) is 18.5 Å². The Labute approximate surface area is 154 Å². The summed E-state index contributed by atoms with van der Waals surface area (Å²) in [7, 11) is -2.67. The molecule has 0 spiro atoms. The lowest BCUT2D eigenvalue weighted by Gasteiger charge is -2.10. The van der Waals surface area contributed by atoms with Crippen molar-refractivity contribution in [2.45, 2.75) is 11.4 Å². The van der Waals surface area contributed by atoms with E-state index in [0.717, 1.165) is 10.7 Å². The molecule has 9 nitrogen and oxygen atoms in total. The number of hydrogen-bond donors (Lipinski definition) is 1. The molecule has 3 aromatic rings. The van der Waals surface area contributed by atoms with Gasteiger partial charge >= 0.3 is 0 Å². The highest BCUT2D eigenvalue weighted by atomic mass is 32.2. The highest BCUT2D eigenvalue weighted by Gasteiger charge is 2.16. The second-order valence-electron chi connectivity index (χ2n) is 5.40. The molecule has 0 aliphatic rings. The number of methoxy groups -OCH3 is 1. The van der Waals surface area contributed by atoms with Crippen molar-refractivity contribution in [3.05, 3.63) is 65.0 Å². The number of aromatic nitrogens is 4. The molecule has 0 unspecified atom stereocenters. The van der Waals surface area contributed by atoms with Crippen molar-refractivity contribution in [1.82, 2.24) is 24.3 Å². The van der Waals surface area contributed by atoms with Gasteiger partial charge in [-0.15, -0.1) is 5.10 Å². The monoisotopic (exact) mass is 393 g/mol. The number of nitrogens with one attached hydrogen (secondary N) is 1. The van der Waals surface area contributed by atoms with Crippen molar-refractivity contribution in [2.24, 2.45) is 0 Å². The van der Waals surface area contributed by atoms with Crippen molar-refractivity contribution in [3.8, 4) is 11.6 Å². The Morgan fingerprint density at radius 3 is 2.74 bits per heavy atom. The summed E-state index contributed by atoms with van der Waals surface area (Å²) in [5, 5.41) is 8.16. The number of nitrogens with zero attached hydrogens (tertiary/aromatic N) is 4. The largest absolute Gasteiger partial charge is 0.494 e. The molecule has 0 atom stereocenters. The van der Waals surface area contributed by atoms with Crippen LogP contribution in [0.2, 0.25) is 0 Å². The molecule has 1 aromatic carbocycles. The Hall–Kier alpha value is -3.05. The lowest BCUT2D eigenvalue weighted by atomic mass is 10.3. The molecular formula is C16H16FN5O4S. The highest BCUT2D eigenvalue weighted by Crippen LogP contribution is 2.20. The van der Waals surface area contributed by atoms with Crippen LogP contribution in [0.25, 0.3) is 5.82 Å². The van der Waals surface area contributed by atoms with Gasteiger partial charge in [-0.25, -0.2) is 26.9 Å². The molecule has 27 heavy (non-hydrogen) atoms. The van der Waals surface area contributed by atoms with Crippen LogP contribution in [-0.2, 0) is 16.6 Å². The summed E-state index contributed by atoms with van der Waals surface area (Å²) in [5.41, 5.74) is -0.388. The summed E-state index contributed by atoms with van der Waals surface area (Å²) < 4.78 is 47.9. The highest BCUT2D eigenvalue weighted by molar-refractivity contribution is 7.89. The van der Waals surface area contributed by atoms with E-state index in [9.17, 15) is 17.6 Å². The van der Waals surface area contributed by atoms with Gasteiger partial charge in [0.25, 0.3) is 5.56 Å². The third kappa shape index (κ3) is 4.20. The molecule has 3 rings (SSSR count). The number of benzene rings is 1. The zero-order valence-corrected chi connectivity index (χ0v) is 15.1. The topological polar surface area (TPSA) is 108 Å². The van der Waals surface area contributed by atoms with E-state index < -0.39 is 15.8 Å². The quantitative estimate of drug-likeness (QED) is 0.628. The second kappa shape index (κ2) is 7.68. The minimum absolute atomic E-state index is 0.00813. The summed E-state index contributed by atoms with van der Waals surface area (Å²) in [4.78, 5) is 11.7. The minimum atomic E-state index is -3.95. The maximum atomic E-state index is 13.7. The van der Waals surface area contributed by atoms with E-state index in [0.29, 0.717) is 5.82 Å². The molecule has 0 radical (unpaired) electrons. The number of rotatable bonds is 7. The third-order valence-electron chi connectivity index (χ3n) is 3.64. The average molecular weight is 393 g/mol. The molecular weight excluding hydrogens is 377 g/mol. The maximum absolute atomic E-state index is 13.7. The summed E-state index contributed by atoms with van der Waals surface area (Å²) >= 11 is 0. The van der Waals surface area contributed by atoms with Gasteiger partial charge in [-0.05, 0) is 30.3 Å². The first-order valence-electron chi connectivity index (χ1n) is 7.82. The first-order valence-corrected chi connectivity index (χ1v) is 9.30. The summed E-state index contributed by atoms with van der Waals surface area (Å²) in [5.74, 6) is -0.426. The molecule has 0 aliphatic carbocycles. The Kier molecular flexibility index (Phi) is 5.33. The zero-order valence-electron chi connectivity index (χ0n) is 14.2. The average Bonchev–Trinajstić information content (AvgIpc) is 3.18. The predicted molar refractivity (Wildman–Crippen MR) is 93.8 cm³/mol. The molecule has 2 heterocycles. The van der Waals surface area contributed by atoms with Gasteiger partial charge in [0.2, 0.25) is 10.0 Å². The number of halogens is 1. The van der Waals surface area contributed by atoms with E-state index in [1.165, 1.54) is 36.1 Å². The zero-order chi connectivity index (χ0) is 19.4. The third-order valence-corrected chi connectivity index (χ3v) is 5.10. The lowest BCUT2D eigenvalue weighted by Crippen LogP contribution is -2.32. The van der Waals surface area contributed by atoms with E-state index in [-0.39, 0.29) is 29.3 Å². The van der Waals surface area contributed by atoms with Crippen LogP contribution in [0.5, 0.6) is 5.75 Å². The summed E-state index contributed by atoms with van der Waals surface area (Å²) in [6.07, 6.45) is 3.23. The fourth-order valence-corrected chi connectivity index (χ4v) is 3.34. The Balaban J connectivity index is 1.71. The van der Waals surface area contributed by atoms with E-state index in [2.05, 4.69) is 14.9 Å². The van der Waals surface area contributed by atoms with Crippen molar-refractivity contribution in [3.63, 3.8) is 0 Å². The van der Waals surface area contributed by atoms with Gasteiger partial charge in [-0.3, -0.25) is 4.79 Å².